The molecule has 6 heteroatoms. The van der Waals surface area contributed by atoms with Crippen molar-refractivity contribution in [3.05, 3.63) is 65.0 Å². The lowest BCUT2D eigenvalue weighted by molar-refractivity contribution is -0.118. The van der Waals surface area contributed by atoms with E-state index in [-0.39, 0.29) is 18.3 Å². The molecular formula is C17H12BrFN2O2. The molecule has 3 rings (SSSR count). The topological polar surface area (TPSA) is 51.2 Å². The molecule has 1 amide bonds. The Bertz CT molecular complexity index is 865. The minimum absolute atomic E-state index is 0.0305. The summed E-state index contributed by atoms with van der Waals surface area (Å²) in [7, 11) is 0. The van der Waals surface area contributed by atoms with Crippen molar-refractivity contribution in [1.82, 2.24) is 4.98 Å². The van der Waals surface area contributed by atoms with Gasteiger partial charge in [0.2, 0.25) is 0 Å². The fourth-order valence-electron chi connectivity index (χ4n) is 2.13. The van der Waals surface area contributed by atoms with Crippen LogP contribution in [0.5, 0.6) is 5.75 Å². The van der Waals surface area contributed by atoms with Crippen molar-refractivity contribution in [2.24, 2.45) is 0 Å². The molecule has 0 aliphatic rings. The van der Waals surface area contributed by atoms with E-state index in [1.807, 2.05) is 12.1 Å². The quantitative estimate of drug-likeness (QED) is 0.745. The third-order valence-electron chi connectivity index (χ3n) is 3.17. The van der Waals surface area contributed by atoms with Crippen molar-refractivity contribution in [3.63, 3.8) is 0 Å². The molecule has 0 atom stereocenters. The van der Waals surface area contributed by atoms with Gasteiger partial charge in [0.05, 0.1) is 11.2 Å². The maximum Gasteiger partial charge on any atom is 0.262 e. The molecule has 0 aliphatic heterocycles. The van der Waals surface area contributed by atoms with Gasteiger partial charge in [-0.25, -0.2) is 4.39 Å². The van der Waals surface area contributed by atoms with Crippen molar-refractivity contribution in [2.45, 2.75) is 0 Å². The van der Waals surface area contributed by atoms with Crippen LogP contribution < -0.4 is 10.1 Å². The molecule has 0 aliphatic carbocycles. The number of ether oxygens (including phenoxy) is 1. The number of fused-ring (bicyclic) bond motifs is 1. The molecule has 0 unspecified atom stereocenters. The molecule has 0 spiro atoms. The molecule has 3 aromatic rings. The second-order valence-corrected chi connectivity index (χ2v) is 5.70. The van der Waals surface area contributed by atoms with Crippen LogP contribution in [0.2, 0.25) is 0 Å². The third-order valence-corrected chi connectivity index (χ3v) is 3.67. The Morgan fingerprint density at radius 3 is 2.91 bits per heavy atom. The zero-order chi connectivity index (χ0) is 16.2. The van der Waals surface area contributed by atoms with Gasteiger partial charge < -0.3 is 10.1 Å². The number of nitrogens with one attached hydrogen (secondary N) is 1. The third kappa shape index (κ3) is 3.65. The van der Waals surface area contributed by atoms with Gasteiger partial charge in [0.15, 0.2) is 18.2 Å². The van der Waals surface area contributed by atoms with Crippen molar-refractivity contribution in [3.8, 4) is 5.75 Å². The standard InChI is InChI=1S/C17H12BrFN2O2/c18-11-6-7-16(13(19)9-11)23-10-17(22)21-15-5-1-4-14-12(15)3-2-8-20-14/h1-9H,10H2,(H,21,22). The summed E-state index contributed by atoms with van der Waals surface area (Å²) < 4.78 is 19.5. The second kappa shape index (κ2) is 6.75. The zero-order valence-corrected chi connectivity index (χ0v) is 13.5. The molecule has 1 N–H and O–H groups in total. The van der Waals surface area contributed by atoms with Crippen LogP contribution in [0.3, 0.4) is 0 Å². The van der Waals surface area contributed by atoms with E-state index in [9.17, 15) is 9.18 Å². The number of hydrogen-bond donors (Lipinski definition) is 1. The fourth-order valence-corrected chi connectivity index (χ4v) is 2.47. The Labute approximate surface area is 140 Å². The summed E-state index contributed by atoms with van der Waals surface area (Å²) >= 11 is 3.16. The predicted molar refractivity (Wildman–Crippen MR) is 90.0 cm³/mol. The van der Waals surface area contributed by atoms with E-state index in [4.69, 9.17) is 4.74 Å². The van der Waals surface area contributed by atoms with Crippen LogP contribution in [0.4, 0.5) is 10.1 Å². The summed E-state index contributed by atoms with van der Waals surface area (Å²) in [6.45, 7) is -0.283. The fraction of sp³-hybridized carbons (Fsp3) is 0.0588. The lowest BCUT2D eigenvalue weighted by Gasteiger charge is -2.10. The Morgan fingerprint density at radius 1 is 1.22 bits per heavy atom. The number of rotatable bonds is 4. The van der Waals surface area contributed by atoms with Gasteiger partial charge in [0.1, 0.15) is 0 Å². The number of amides is 1. The van der Waals surface area contributed by atoms with Gasteiger partial charge in [-0.2, -0.15) is 0 Å². The molecule has 0 saturated heterocycles. The summed E-state index contributed by atoms with van der Waals surface area (Å²) in [5, 5.41) is 3.58. The van der Waals surface area contributed by atoms with Gasteiger partial charge in [-0.05, 0) is 42.5 Å². The van der Waals surface area contributed by atoms with Crippen molar-refractivity contribution in [2.75, 3.05) is 11.9 Å². The number of aromatic nitrogens is 1. The first-order chi connectivity index (χ1) is 11.1. The first-order valence-electron chi connectivity index (χ1n) is 6.85. The summed E-state index contributed by atoms with van der Waals surface area (Å²) in [4.78, 5) is 16.2. The van der Waals surface area contributed by atoms with E-state index in [0.717, 1.165) is 10.9 Å². The first-order valence-corrected chi connectivity index (χ1v) is 7.64. The number of halogens is 2. The molecular weight excluding hydrogens is 363 g/mol. The van der Waals surface area contributed by atoms with E-state index in [2.05, 4.69) is 26.2 Å². The maximum atomic E-state index is 13.6. The molecule has 1 aromatic heterocycles. The molecule has 23 heavy (non-hydrogen) atoms. The number of pyridine rings is 1. The van der Waals surface area contributed by atoms with E-state index >= 15 is 0 Å². The summed E-state index contributed by atoms with van der Waals surface area (Å²) in [5.41, 5.74) is 1.42. The largest absolute Gasteiger partial charge is 0.481 e. The van der Waals surface area contributed by atoms with Crippen molar-refractivity contribution < 1.29 is 13.9 Å². The zero-order valence-electron chi connectivity index (χ0n) is 11.9. The predicted octanol–water partition coefficient (Wildman–Crippen LogP) is 4.15. The van der Waals surface area contributed by atoms with Crippen molar-refractivity contribution >= 4 is 38.4 Å². The van der Waals surface area contributed by atoms with Gasteiger partial charge in [-0.1, -0.05) is 22.0 Å². The summed E-state index contributed by atoms with van der Waals surface area (Å²) in [5.74, 6) is -0.867. The minimum atomic E-state index is -0.526. The van der Waals surface area contributed by atoms with Crippen LogP contribution in [-0.4, -0.2) is 17.5 Å². The molecule has 4 nitrogen and oxygen atoms in total. The van der Waals surface area contributed by atoms with Crippen LogP contribution in [0, 0.1) is 5.82 Å². The number of anilines is 1. The monoisotopic (exact) mass is 374 g/mol. The number of carbonyl (C=O) groups excluding carboxylic acids is 1. The lowest BCUT2D eigenvalue weighted by atomic mass is 10.2. The molecule has 0 saturated carbocycles. The SMILES string of the molecule is O=C(COc1ccc(Br)cc1F)Nc1cccc2ncccc12. The van der Waals surface area contributed by atoms with Gasteiger partial charge in [0.25, 0.3) is 5.91 Å². The van der Waals surface area contributed by atoms with E-state index < -0.39 is 5.82 Å². The Kier molecular flexibility index (Phi) is 4.52. The highest BCUT2D eigenvalue weighted by Crippen LogP contribution is 2.23. The van der Waals surface area contributed by atoms with Gasteiger partial charge in [-0.15, -0.1) is 0 Å². The van der Waals surface area contributed by atoms with E-state index in [1.54, 1.807) is 30.5 Å². The smallest absolute Gasteiger partial charge is 0.262 e. The number of hydrogen-bond acceptors (Lipinski definition) is 3. The highest BCUT2D eigenvalue weighted by molar-refractivity contribution is 9.10. The van der Waals surface area contributed by atoms with Gasteiger partial charge in [0, 0.05) is 16.1 Å². The Hall–Kier alpha value is -2.47. The highest BCUT2D eigenvalue weighted by atomic mass is 79.9. The van der Waals surface area contributed by atoms with Crippen molar-refractivity contribution in [1.29, 1.82) is 0 Å². The molecule has 0 bridgehead atoms. The molecule has 0 fully saturated rings. The average molecular weight is 375 g/mol. The van der Waals surface area contributed by atoms with Crippen LogP contribution in [-0.2, 0) is 4.79 Å². The van der Waals surface area contributed by atoms with Crippen LogP contribution in [0.25, 0.3) is 10.9 Å². The van der Waals surface area contributed by atoms with Gasteiger partial charge >= 0.3 is 0 Å². The first kappa shape index (κ1) is 15.4. The number of carbonyl (C=O) groups is 1. The second-order valence-electron chi connectivity index (χ2n) is 4.79. The molecule has 0 radical (unpaired) electrons. The number of benzene rings is 2. The number of nitrogens with zero attached hydrogens (tertiary/aromatic N) is 1. The highest BCUT2D eigenvalue weighted by Gasteiger charge is 2.09. The van der Waals surface area contributed by atoms with E-state index in [1.165, 1.54) is 12.1 Å². The maximum absolute atomic E-state index is 13.6. The minimum Gasteiger partial charge on any atom is -0.481 e. The average Bonchev–Trinajstić information content (AvgIpc) is 2.54. The molecule has 2 aromatic carbocycles. The van der Waals surface area contributed by atoms with Crippen LogP contribution >= 0.6 is 15.9 Å². The molecule has 1 heterocycles. The molecule has 116 valence electrons. The normalized spacial score (nSPS) is 10.5. The van der Waals surface area contributed by atoms with Crippen LogP contribution in [0.15, 0.2) is 59.2 Å². The Balaban J connectivity index is 1.69. The van der Waals surface area contributed by atoms with Crippen LogP contribution in [0.1, 0.15) is 0 Å². The summed E-state index contributed by atoms with van der Waals surface area (Å²) in [6, 6.07) is 13.5. The summed E-state index contributed by atoms with van der Waals surface area (Å²) in [6.07, 6.45) is 1.69. The Morgan fingerprint density at radius 2 is 2.09 bits per heavy atom. The van der Waals surface area contributed by atoms with Gasteiger partial charge in [-0.3, -0.25) is 9.78 Å². The van der Waals surface area contributed by atoms with E-state index in [0.29, 0.717) is 10.2 Å². The lowest BCUT2D eigenvalue weighted by Crippen LogP contribution is -2.20.